The summed E-state index contributed by atoms with van der Waals surface area (Å²) >= 11 is 0. The van der Waals surface area contributed by atoms with Crippen molar-refractivity contribution in [2.75, 3.05) is 6.73 Å². The number of hydrogen-bond donors (Lipinski definition) is 3. The molecule has 0 spiro atoms. The molecule has 1 radical (unpaired) electrons. The van der Waals surface area contributed by atoms with E-state index in [9.17, 15) is 9.90 Å². The number of hydrogen-bond acceptors (Lipinski definition) is 4. The maximum Gasteiger partial charge on any atom is 0.332 e. The van der Waals surface area contributed by atoms with Crippen molar-refractivity contribution < 1.29 is 19.7 Å². The van der Waals surface area contributed by atoms with Crippen LogP contribution >= 0.6 is 0 Å². The summed E-state index contributed by atoms with van der Waals surface area (Å²) in [4.78, 5) is 10.5. The number of aliphatic hydroxyl groups is 1. The number of rotatable bonds is 7. The molecule has 0 amide bonds. The fourth-order valence-electron chi connectivity index (χ4n) is 1.36. The summed E-state index contributed by atoms with van der Waals surface area (Å²) < 4.78 is 4.83. The SMILES string of the molecule is NCO[B]C(CC1CC1)C(O)C(=O)O. The minimum absolute atomic E-state index is 0.00745. The zero-order valence-corrected chi connectivity index (χ0v) is 7.93. The molecule has 0 heterocycles. The molecule has 0 saturated heterocycles. The summed E-state index contributed by atoms with van der Waals surface area (Å²) in [6.07, 6.45) is 1.49. The summed E-state index contributed by atoms with van der Waals surface area (Å²) in [5.41, 5.74) is 5.12. The predicted octanol–water partition coefficient (Wildman–Crippen LogP) is -0.428. The molecular formula is C8H15BNO4. The van der Waals surface area contributed by atoms with Gasteiger partial charge >= 0.3 is 13.5 Å². The van der Waals surface area contributed by atoms with Gasteiger partial charge in [-0.2, -0.15) is 0 Å². The first-order valence-electron chi connectivity index (χ1n) is 4.71. The van der Waals surface area contributed by atoms with Crippen LogP contribution in [0.3, 0.4) is 0 Å². The van der Waals surface area contributed by atoms with Crippen LogP contribution in [0.15, 0.2) is 0 Å². The maximum atomic E-state index is 10.5. The largest absolute Gasteiger partial charge is 0.479 e. The third-order valence-corrected chi connectivity index (χ3v) is 2.33. The fraction of sp³-hybridized carbons (Fsp3) is 0.875. The quantitative estimate of drug-likeness (QED) is 0.383. The minimum atomic E-state index is -1.39. The van der Waals surface area contributed by atoms with Crippen molar-refractivity contribution >= 4 is 13.5 Å². The zero-order valence-electron chi connectivity index (χ0n) is 7.93. The van der Waals surface area contributed by atoms with E-state index in [-0.39, 0.29) is 6.73 Å². The lowest BCUT2D eigenvalue weighted by molar-refractivity contribution is -0.147. The van der Waals surface area contributed by atoms with E-state index in [0.29, 0.717) is 12.3 Å². The first kappa shape index (κ1) is 11.5. The van der Waals surface area contributed by atoms with Gasteiger partial charge < -0.3 is 20.6 Å². The highest BCUT2D eigenvalue weighted by Gasteiger charge is 2.33. The van der Waals surface area contributed by atoms with Gasteiger partial charge in [0.15, 0.2) is 0 Å². The molecule has 1 saturated carbocycles. The van der Waals surface area contributed by atoms with Gasteiger partial charge in [0.05, 0.1) is 6.73 Å². The van der Waals surface area contributed by atoms with Gasteiger partial charge in [-0.1, -0.05) is 12.8 Å². The minimum Gasteiger partial charge on any atom is -0.479 e. The Hall–Kier alpha value is -0.585. The predicted molar refractivity (Wildman–Crippen MR) is 50.6 cm³/mol. The van der Waals surface area contributed by atoms with Gasteiger partial charge in [-0.05, 0) is 18.2 Å². The monoisotopic (exact) mass is 200 g/mol. The van der Waals surface area contributed by atoms with E-state index in [2.05, 4.69) is 0 Å². The highest BCUT2D eigenvalue weighted by atomic mass is 16.4. The van der Waals surface area contributed by atoms with E-state index in [1.54, 1.807) is 0 Å². The number of nitrogens with two attached hydrogens (primary N) is 1. The van der Waals surface area contributed by atoms with Crippen molar-refractivity contribution in [2.45, 2.75) is 31.2 Å². The summed E-state index contributed by atoms with van der Waals surface area (Å²) in [5, 5.41) is 18.0. The number of carboxylic acids is 1. The Labute approximate surface area is 83.5 Å². The average molecular weight is 200 g/mol. The van der Waals surface area contributed by atoms with Crippen molar-refractivity contribution in [3.63, 3.8) is 0 Å². The molecule has 79 valence electrons. The molecule has 2 atom stereocenters. The average Bonchev–Trinajstić information content (AvgIpc) is 2.94. The van der Waals surface area contributed by atoms with Gasteiger partial charge in [0.25, 0.3) is 0 Å². The van der Waals surface area contributed by atoms with Crippen LogP contribution in [0.1, 0.15) is 19.3 Å². The van der Waals surface area contributed by atoms with Gasteiger partial charge in [-0.3, -0.25) is 0 Å². The number of aliphatic hydroxyl groups excluding tert-OH is 1. The molecular weight excluding hydrogens is 185 g/mol. The van der Waals surface area contributed by atoms with Gasteiger partial charge in [0.1, 0.15) is 6.10 Å². The van der Waals surface area contributed by atoms with Crippen LogP contribution in [0.5, 0.6) is 0 Å². The lowest BCUT2D eigenvalue weighted by Gasteiger charge is -2.17. The van der Waals surface area contributed by atoms with E-state index >= 15 is 0 Å². The number of aliphatic carboxylic acids is 1. The Bertz CT molecular complexity index is 198. The summed E-state index contributed by atoms with van der Waals surface area (Å²) in [5.74, 6) is -1.14. The summed E-state index contributed by atoms with van der Waals surface area (Å²) in [6, 6.07) is 0. The Morgan fingerprint density at radius 2 is 2.29 bits per heavy atom. The van der Waals surface area contributed by atoms with Crippen LogP contribution < -0.4 is 5.73 Å². The topological polar surface area (TPSA) is 92.8 Å². The maximum absolute atomic E-state index is 10.5. The number of carbonyl (C=O) groups is 1. The van der Waals surface area contributed by atoms with E-state index in [4.69, 9.17) is 15.5 Å². The lowest BCUT2D eigenvalue weighted by atomic mass is 9.72. The Morgan fingerprint density at radius 1 is 1.64 bits per heavy atom. The van der Waals surface area contributed by atoms with Crippen molar-refractivity contribution in [1.82, 2.24) is 0 Å². The molecule has 14 heavy (non-hydrogen) atoms. The Kier molecular flexibility index (Phi) is 4.38. The third-order valence-electron chi connectivity index (χ3n) is 2.33. The van der Waals surface area contributed by atoms with Crippen LogP contribution in [-0.2, 0) is 9.45 Å². The molecule has 1 aliphatic carbocycles. The van der Waals surface area contributed by atoms with Crippen molar-refractivity contribution in [3.05, 3.63) is 0 Å². The second kappa shape index (κ2) is 5.33. The molecule has 1 fully saturated rings. The van der Waals surface area contributed by atoms with Crippen LogP contribution in [0, 0.1) is 5.92 Å². The van der Waals surface area contributed by atoms with Crippen molar-refractivity contribution in [3.8, 4) is 0 Å². The summed E-state index contributed by atoms with van der Waals surface area (Å²) in [7, 11) is 1.34. The molecule has 4 N–H and O–H groups in total. The molecule has 0 aliphatic heterocycles. The molecule has 1 rings (SSSR count). The molecule has 0 aromatic carbocycles. The van der Waals surface area contributed by atoms with Crippen molar-refractivity contribution in [1.29, 1.82) is 0 Å². The van der Waals surface area contributed by atoms with Gasteiger partial charge in [0, 0.05) is 0 Å². The highest BCUT2D eigenvalue weighted by molar-refractivity contribution is 6.30. The molecule has 0 aromatic rings. The van der Waals surface area contributed by atoms with E-state index in [1.165, 1.54) is 7.48 Å². The fourth-order valence-corrected chi connectivity index (χ4v) is 1.36. The first-order chi connectivity index (χ1) is 6.65. The lowest BCUT2D eigenvalue weighted by Crippen LogP contribution is -2.31. The number of carboxylic acid groups (broad SMARTS) is 1. The van der Waals surface area contributed by atoms with Crippen molar-refractivity contribution in [2.24, 2.45) is 11.7 Å². The first-order valence-corrected chi connectivity index (χ1v) is 4.71. The van der Waals surface area contributed by atoms with Crippen LogP contribution in [0.2, 0.25) is 5.82 Å². The third kappa shape index (κ3) is 3.65. The van der Waals surface area contributed by atoms with Crippen LogP contribution in [-0.4, -0.2) is 36.5 Å². The Balaban J connectivity index is 2.36. The second-order valence-corrected chi connectivity index (χ2v) is 3.60. The normalized spacial score (nSPS) is 20.1. The molecule has 5 nitrogen and oxygen atoms in total. The molecule has 0 aromatic heterocycles. The van der Waals surface area contributed by atoms with E-state index in [1.807, 2.05) is 0 Å². The van der Waals surface area contributed by atoms with E-state index < -0.39 is 17.9 Å². The highest BCUT2D eigenvalue weighted by Crippen LogP contribution is 2.38. The standard InChI is InChI=1S/C8H15BNO4/c10-4-14-9-6(3-5-1-2-5)7(11)8(12)13/h5-7,11H,1-4,10H2,(H,12,13). The van der Waals surface area contributed by atoms with Crippen LogP contribution in [0.4, 0.5) is 0 Å². The summed E-state index contributed by atoms with van der Waals surface area (Å²) in [6.45, 7) is 0.00745. The van der Waals surface area contributed by atoms with Gasteiger partial charge in [0.2, 0.25) is 0 Å². The zero-order chi connectivity index (χ0) is 10.6. The molecule has 2 unspecified atom stereocenters. The smallest absolute Gasteiger partial charge is 0.332 e. The molecule has 6 heteroatoms. The molecule has 1 aliphatic rings. The van der Waals surface area contributed by atoms with Gasteiger partial charge in [-0.15, -0.1) is 0 Å². The van der Waals surface area contributed by atoms with Crippen LogP contribution in [0.25, 0.3) is 0 Å². The molecule has 0 bridgehead atoms. The second-order valence-electron chi connectivity index (χ2n) is 3.60. The Morgan fingerprint density at radius 3 is 2.71 bits per heavy atom. The van der Waals surface area contributed by atoms with Gasteiger partial charge in [-0.25, -0.2) is 4.79 Å². The van der Waals surface area contributed by atoms with E-state index in [0.717, 1.165) is 12.8 Å².